The molecule has 0 saturated carbocycles. The van der Waals surface area contributed by atoms with E-state index in [-0.39, 0.29) is 5.91 Å². The second kappa shape index (κ2) is 4.79. The lowest BCUT2D eigenvalue weighted by molar-refractivity contribution is -0.121. The fraction of sp³-hybridized carbons (Fsp3) is 0.500. The Morgan fingerprint density at radius 1 is 1.30 bits per heavy atom. The van der Waals surface area contributed by atoms with Crippen LogP contribution in [0.2, 0.25) is 0 Å². The summed E-state index contributed by atoms with van der Waals surface area (Å²) in [7, 11) is 0. The average molecular weight is 288 g/mol. The maximum absolute atomic E-state index is 11.7. The fourth-order valence-corrected chi connectivity index (χ4v) is 3.98. The number of rotatable bonds is 2. The molecule has 2 atom stereocenters. The van der Waals surface area contributed by atoms with Crippen LogP contribution in [0.4, 0.5) is 0 Å². The molecule has 2 aliphatic rings. The monoisotopic (exact) mass is 288 g/mol. The molecule has 1 aromatic heterocycles. The zero-order chi connectivity index (χ0) is 13.5. The Kier molecular flexibility index (Phi) is 2.93. The molecule has 1 aromatic carbocycles. The van der Waals surface area contributed by atoms with Crippen molar-refractivity contribution >= 4 is 28.7 Å². The molecule has 3 heterocycles. The Labute approximate surface area is 121 Å². The van der Waals surface area contributed by atoms with Gasteiger partial charge in [0.25, 0.3) is 0 Å². The molecule has 2 bridgehead atoms. The summed E-state index contributed by atoms with van der Waals surface area (Å²) in [6.45, 7) is 1.65. The summed E-state index contributed by atoms with van der Waals surface area (Å²) in [6, 6.07) is 7.02. The van der Waals surface area contributed by atoms with E-state index in [4.69, 9.17) is 0 Å². The first-order valence-corrected chi connectivity index (χ1v) is 7.77. The van der Waals surface area contributed by atoms with Crippen LogP contribution in [-0.2, 0) is 11.3 Å². The molecule has 6 heteroatoms. The van der Waals surface area contributed by atoms with Gasteiger partial charge in [-0.25, -0.2) is 0 Å². The van der Waals surface area contributed by atoms with E-state index in [9.17, 15) is 4.79 Å². The van der Waals surface area contributed by atoms with E-state index in [2.05, 4.69) is 25.0 Å². The van der Waals surface area contributed by atoms with Gasteiger partial charge in [0, 0.05) is 31.6 Å². The highest BCUT2D eigenvalue weighted by atomic mass is 32.1. The van der Waals surface area contributed by atoms with Crippen LogP contribution in [0.3, 0.4) is 0 Å². The molecule has 2 aliphatic heterocycles. The van der Waals surface area contributed by atoms with Crippen molar-refractivity contribution in [3.05, 3.63) is 23.8 Å². The first-order chi connectivity index (χ1) is 9.81. The number of aromatic nitrogens is 2. The number of nitrogens with zero attached hydrogens (tertiary/aromatic N) is 3. The zero-order valence-corrected chi connectivity index (χ0v) is 11.9. The quantitative estimate of drug-likeness (QED) is 0.911. The Morgan fingerprint density at radius 2 is 2.20 bits per heavy atom. The molecule has 2 fully saturated rings. The predicted molar refractivity (Wildman–Crippen MR) is 77.4 cm³/mol. The maximum atomic E-state index is 11.7. The third-order valence-corrected chi connectivity index (χ3v) is 4.99. The molecule has 20 heavy (non-hydrogen) atoms. The van der Waals surface area contributed by atoms with E-state index in [0.717, 1.165) is 30.5 Å². The normalized spacial score (nSPS) is 26.7. The van der Waals surface area contributed by atoms with Crippen LogP contribution in [0.5, 0.6) is 0 Å². The van der Waals surface area contributed by atoms with E-state index < -0.39 is 0 Å². The van der Waals surface area contributed by atoms with Crippen LogP contribution in [-0.4, -0.2) is 38.2 Å². The smallest absolute Gasteiger partial charge is 0.221 e. The Hall–Kier alpha value is -1.53. The number of carbonyl (C=O) groups is 1. The first-order valence-electron chi connectivity index (χ1n) is 7.04. The number of amides is 1. The van der Waals surface area contributed by atoms with Gasteiger partial charge in [-0.05, 0) is 24.5 Å². The van der Waals surface area contributed by atoms with Crippen molar-refractivity contribution in [1.82, 2.24) is 19.0 Å². The van der Waals surface area contributed by atoms with Crippen LogP contribution in [0, 0.1) is 0 Å². The molecule has 0 unspecified atom stereocenters. The number of hydrogen-bond donors (Lipinski definition) is 1. The van der Waals surface area contributed by atoms with Crippen molar-refractivity contribution in [3.8, 4) is 0 Å². The molecule has 2 aromatic rings. The summed E-state index contributed by atoms with van der Waals surface area (Å²) >= 11 is 1.27. The molecule has 5 nitrogen and oxygen atoms in total. The highest BCUT2D eigenvalue weighted by Gasteiger charge is 2.37. The van der Waals surface area contributed by atoms with Gasteiger partial charge in [0.05, 0.1) is 11.7 Å². The van der Waals surface area contributed by atoms with E-state index >= 15 is 0 Å². The Morgan fingerprint density at radius 3 is 3.15 bits per heavy atom. The minimum Gasteiger partial charge on any atom is -0.354 e. The van der Waals surface area contributed by atoms with Gasteiger partial charge in [-0.2, -0.15) is 8.75 Å². The number of carbonyl (C=O) groups excluding carboxylic acids is 1. The van der Waals surface area contributed by atoms with Crippen LogP contribution in [0.1, 0.15) is 24.8 Å². The summed E-state index contributed by atoms with van der Waals surface area (Å²) in [6.07, 6.45) is 2.93. The van der Waals surface area contributed by atoms with Gasteiger partial charge in [0.15, 0.2) is 0 Å². The van der Waals surface area contributed by atoms with Crippen molar-refractivity contribution in [2.75, 3.05) is 6.54 Å². The summed E-state index contributed by atoms with van der Waals surface area (Å²) in [5, 5.41) is 3.02. The van der Waals surface area contributed by atoms with E-state index in [1.54, 1.807) is 0 Å². The van der Waals surface area contributed by atoms with Crippen LogP contribution in [0.15, 0.2) is 18.2 Å². The summed E-state index contributed by atoms with van der Waals surface area (Å²) in [4.78, 5) is 14.2. The van der Waals surface area contributed by atoms with Crippen molar-refractivity contribution in [2.24, 2.45) is 0 Å². The standard InChI is InChI=1S/C14H16N4OS/c19-13-6-10-4-5-11(7-15-13)18(10)8-9-2-1-3-12-14(9)17-20-16-12/h1-3,10-11H,4-8H2,(H,15,19)/t10-,11+/m1/s1. The third kappa shape index (κ3) is 1.99. The van der Waals surface area contributed by atoms with Crippen molar-refractivity contribution in [1.29, 1.82) is 0 Å². The van der Waals surface area contributed by atoms with Gasteiger partial charge in [0.1, 0.15) is 11.0 Å². The summed E-state index contributed by atoms with van der Waals surface area (Å²) < 4.78 is 8.72. The Balaban J connectivity index is 1.65. The molecule has 0 radical (unpaired) electrons. The number of hydrogen-bond acceptors (Lipinski definition) is 5. The lowest BCUT2D eigenvalue weighted by atomic mass is 10.1. The second-order valence-electron chi connectivity index (χ2n) is 5.61. The highest BCUT2D eigenvalue weighted by Crippen LogP contribution is 2.31. The molecule has 1 N–H and O–H groups in total. The largest absolute Gasteiger partial charge is 0.354 e. The molecule has 2 saturated heterocycles. The van der Waals surface area contributed by atoms with Crippen molar-refractivity contribution in [2.45, 2.75) is 37.9 Å². The fourth-order valence-electron chi connectivity index (χ4n) is 3.42. The molecular weight excluding hydrogens is 272 g/mol. The second-order valence-corrected chi connectivity index (χ2v) is 6.14. The van der Waals surface area contributed by atoms with Gasteiger partial charge >= 0.3 is 0 Å². The molecule has 1 amide bonds. The minimum absolute atomic E-state index is 0.190. The maximum Gasteiger partial charge on any atom is 0.221 e. The number of fused-ring (bicyclic) bond motifs is 3. The molecule has 104 valence electrons. The van der Waals surface area contributed by atoms with Gasteiger partial charge in [-0.1, -0.05) is 12.1 Å². The van der Waals surface area contributed by atoms with Gasteiger partial charge < -0.3 is 5.32 Å². The number of nitrogens with one attached hydrogen (secondary N) is 1. The van der Waals surface area contributed by atoms with Gasteiger partial charge in [-0.3, -0.25) is 9.69 Å². The zero-order valence-electron chi connectivity index (χ0n) is 11.1. The van der Waals surface area contributed by atoms with E-state index in [0.29, 0.717) is 18.5 Å². The summed E-state index contributed by atoms with van der Waals surface area (Å²) in [5.74, 6) is 0.190. The van der Waals surface area contributed by atoms with Crippen LogP contribution in [0.25, 0.3) is 11.0 Å². The van der Waals surface area contributed by atoms with Gasteiger partial charge in [0.2, 0.25) is 5.91 Å². The lowest BCUT2D eigenvalue weighted by Gasteiger charge is -2.27. The Bertz CT molecular complexity index is 655. The van der Waals surface area contributed by atoms with Gasteiger partial charge in [-0.15, -0.1) is 0 Å². The van der Waals surface area contributed by atoms with Crippen LogP contribution >= 0.6 is 11.7 Å². The topological polar surface area (TPSA) is 58.1 Å². The van der Waals surface area contributed by atoms with Crippen molar-refractivity contribution < 1.29 is 4.79 Å². The molecule has 4 rings (SSSR count). The SMILES string of the molecule is O=C1C[C@H]2CC[C@@H](CN1)N2Cc1cccc2nsnc12. The molecule has 0 spiro atoms. The third-order valence-electron chi connectivity index (χ3n) is 4.45. The average Bonchev–Trinajstić information content (AvgIpc) is 3.00. The molecule has 0 aliphatic carbocycles. The number of benzene rings is 1. The minimum atomic E-state index is 0.190. The summed E-state index contributed by atoms with van der Waals surface area (Å²) in [5.41, 5.74) is 3.21. The molecular formula is C14H16N4OS. The highest BCUT2D eigenvalue weighted by molar-refractivity contribution is 7.00. The van der Waals surface area contributed by atoms with E-state index in [1.165, 1.54) is 23.7 Å². The first kappa shape index (κ1) is 12.2. The van der Waals surface area contributed by atoms with Crippen molar-refractivity contribution in [3.63, 3.8) is 0 Å². The lowest BCUT2D eigenvalue weighted by Crippen LogP contribution is -2.37. The van der Waals surface area contributed by atoms with E-state index in [1.807, 2.05) is 12.1 Å². The predicted octanol–water partition coefficient (Wildman–Crippen LogP) is 1.54. The van der Waals surface area contributed by atoms with Crippen LogP contribution < -0.4 is 5.32 Å².